The molecular formula is C11H21NOS. The fourth-order valence-electron chi connectivity index (χ4n) is 1.21. The molecule has 1 saturated carbocycles. The van der Waals surface area contributed by atoms with Crippen molar-refractivity contribution in [3.63, 3.8) is 0 Å². The Morgan fingerprint density at radius 2 is 2.07 bits per heavy atom. The van der Waals surface area contributed by atoms with E-state index in [-0.39, 0.29) is 5.41 Å². The highest BCUT2D eigenvalue weighted by atomic mass is 32.1. The third-order valence-electron chi connectivity index (χ3n) is 2.91. The van der Waals surface area contributed by atoms with Gasteiger partial charge in [0.1, 0.15) is 0 Å². The summed E-state index contributed by atoms with van der Waals surface area (Å²) in [6, 6.07) is 0. The Morgan fingerprint density at radius 3 is 2.57 bits per heavy atom. The van der Waals surface area contributed by atoms with Crippen LogP contribution in [0.3, 0.4) is 0 Å². The zero-order chi connectivity index (χ0) is 10.6. The molecule has 0 amide bonds. The zero-order valence-corrected chi connectivity index (χ0v) is 10.0. The Kier molecular flexibility index (Phi) is 4.32. The maximum absolute atomic E-state index is 5.62. The zero-order valence-electron chi connectivity index (χ0n) is 9.21. The Balaban J connectivity index is 1.98. The van der Waals surface area contributed by atoms with Gasteiger partial charge >= 0.3 is 0 Å². The van der Waals surface area contributed by atoms with Gasteiger partial charge in [-0.25, -0.2) is 0 Å². The van der Waals surface area contributed by atoms with E-state index in [0.717, 1.165) is 25.6 Å². The number of hydrogen-bond donors (Lipinski definition) is 1. The minimum atomic E-state index is -0.0606. The molecule has 1 aliphatic carbocycles. The molecule has 1 fully saturated rings. The fraction of sp³-hybridized carbons (Fsp3) is 0.909. The maximum Gasteiger partial charge on any atom is 0.0785 e. The van der Waals surface area contributed by atoms with Crippen LogP contribution in [-0.2, 0) is 4.74 Å². The number of rotatable bonds is 7. The second kappa shape index (κ2) is 5.08. The van der Waals surface area contributed by atoms with Crippen LogP contribution < -0.4 is 5.73 Å². The largest absolute Gasteiger partial charge is 0.393 e. The van der Waals surface area contributed by atoms with Crippen molar-refractivity contribution in [1.82, 2.24) is 0 Å². The number of thiocarbonyl (C=S) groups is 1. The van der Waals surface area contributed by atoms with E-state index in [1.165, 1.54) is 19.3 Å². The molecule has 0 atom stereocenters. The molecule has 14 heavy (non-hydrogen) atoms. The maximum atomic E-state index is 5.62. The minimum absolute atomic E-state index is 0.0606. The van der Waals surface area contributed by atoms with Gasteiger partial charge in [0.15, 0.2) is 0 Å². The summed E-state index contributed by atoms with van der Waals surface area (Å²) in [6.45, 7) is 5.81. The first-order chi connectivity index (χ1) is 6.52. The quantitative estimate of drug-likeness (QED) is 0.523. The molecule has 1 aliphatic rings. The standard InChI is InChI=1S/C11H21NOS/c1-11(2,10(12)14)6-8-13-7-5-9-3-4-9/h9H,3-8H2,1-2H3,(H2,12,14). The van der Waals surface area contributed by atoms with Crippen molar-refractivity contribution in [2.24, 2.45) is 17.1 Å². The summed E-state index contributed by atoms with van der Waals surface area (Å²) in [6.07, 6.45) is 4.96. The Bertz CT molecular complexity index is 199. The molecule has 0 unspecified atom stereocenters. The Labute approximate surface area is 92.2 Å². The van der Waals surface area contributed by atoms with E-state index in [1.54, 1.807) is 0 Å². The van der Waals surface area contributed by atoms with Crippen LogP contribution in [0.4, 0.5) is 0 Å². The average Bonchev–Trinajstić information content (AvgIpc) is 2.87. The highest BCUT2D eigenvalue weighted by Gasteiger charge is 2.22. The third-order valence-corrected chi connectivity index (χ3v) is 3.46. The summed E-state index contributed by atoms with van der Waals surface area (Å²) in [5.41, 5.74) is 5.56. The van der Waals surface area contributed by atoms with Gasteiger partial charge in [-0.1, -0.05) is 38.9 Å². The van der Waals surface area contributed by atoms with E-state index in [0.29, 0.717) is 4.99 Å². The number of ether oxygens (including phenoxy) is 1. The average molecular weight is 215 g/mol. The van der Waals surface area contributed by atoms with Crippen LogP contribution in [0.2, 0.25) is 0 Å². The van der Waals surface area contributed by atoms with Crippen LogP contribution in [-0.4, -0.2) is 18.2 Å². The molecule has 0 radical (unpaired) electrons. The molecule has 0 aromatic rings. The predicted molar refractivity (Wildman–Crippen MR) is 63.3 cm³/mol. The summed E-state index contributed by atoms with van der Waals surface area (Å²) in [4.78, 5) is 0.586. The lowest BCUT2D eigenvalue weighted by atomic mass is 9.90. The van der Waals surface area contributed by atoms with Gasteiger partial charge in [-0.05, 0) is 18.8 Å². The number of hydrogen-bond acceptors (Lipinski definition) is 2. The van der Waals surface area contributed by atoms with Gasteiger partial charge in [0, 0.05) is 18.6 Å². The van der Waals surface area contributed by atoms with Crippen molar-refractivity contribution in [2.45, 2.75) is 39.5 Å². The van der Waals surface area contributed by atoms with Crippen LogP contribution >= 0.6 is 12.2 Å². The third kappa shape index (κ3) is 4.38. The Morgan fingerprint density at radius 1 is 1.43 bits per heavy atom. The van der Waals surface area contributed by atoms with Gasteiger partial charge in [0.05, 0.1) is 4.99 Å². The van der Waals surface area contributed by atoms with Crippen LogP contribution in [0.15, 0.2) is 0 Å². The van der Waals surface area contributed by atoms with E-state index in [9.17, 15) is 0 Å². The first-order valence-electron chi connectivity index (χ1n) is 5.40. The van der Waals surface area contributed by atoms with E-state index in [1.807, 2.05) is 0 Å². The molecule has 0 aliphatic heterocycles. The molecule has 0 bridgehead atoms. The first-order valence-corrected chi connectivity index (χ1v) is 5.81. The molecule has 2 nitrogen and oxygen atoms in total. The van der Waals surface area contributed by atoms with Gasteiger partial charge < -0.3 is 10.5 Å². The second-order valence-electron chi connectivity index (χ2n) is 4.84. The first kappa shape index (κ1) is 11.9. The minimum Gasteiger partial charge on any atom is -0.393 e. The summed E-state index contributed by atoms with van der Waals surface area (Å²) in [5, 5.41) is 0. The summed E-state index contributed by atoms with van der Waals surface area (Å²) >= 11 is 4.98. The molecule has 2 N–H and O–H groups in total. The highest BCUT2D eigenvalue weighted by Crippen LogP contribution is 2.32. The monoisotopic (exact) mass is 215 g/mol. The number of nitrogens with two attached hydrogens (primary N) is 1. The van der Waals surface area contributed by atoms with E-state index < -0.39 is 0 Å². The van der Waals surface area contributed by atoms with Crippen LogP contribution in [0.25, 0.3) is 0 Å². The summed E-state index contributed by atoms with van der Waals surface area (Å²) in [5.74, 6) is 0.957. The normalized spacial score (nSPS) is 17.0. The van der Waals surface area contributed by atoms with Gasteiger partial charge in [0.25, 0.3) is 0 Å². The molecule has 1 rings (SSSR count). The van der Waals surface area contributed by atoms with Crippen LogP contribution in [0.5, 0.6) is 0 Å². The van der Waals surface area contributed by atoms with Crippen molar-refractivity contribution in [1.29, 1.82) is 0 Å². The lowest BCUT2D eigenvalue weighted by Crippen LogP contribution is -2.30. The van der Waals surface area contributed by atoms with E-state index >= 15 is 0 Å². The highest BCUT2D eigenvalue weighted by molar-refractivity contribution is 7.80. The molecule has 82 valence electrons. The molecule has 0 heterocycles. The smallest absolute Gasteiger partial charge is 0.0785 e. The molecule has 0 saturated heterocycles. The summed E-state index contributed by atoms with van der Waals surface area (Å²) in [7, 11) is 0. The SMILES string of the molecule is CC(C)(CCOCCC1CC1)C(N)=S. The van der Waals surface area contributed by atoms with Crippen molar-refractivity contribution >= 4 is 17.2 Å². The van der Waals surface area contributed by atoms with Crippen molar-refractivity contribution < 1.29 is 4.74 Å². The van der Waals surface area contributed by atoms with E-state index in [4.69, 9.17) is 22.7 Å². The molecule has 0 spiro atoms. The Hall–Kier alpha value is -0.150. The molecule has 0 aromatic heterocycles. The van der Waals surface area contributed by atoms with E-state index in [2.05, 4.69) is 13.8 Å². The molecular weight excluding hydrogens is 194 g/mol. The van der Waals surface area contributed by atoms with Crippen molar-refractivity contribution in [3.8, 4) is 0 Å². The molecule has 3 heteroatoms. The van der Waals surface area contributed by atoms with Crippen molar-refractivity contribution in [3.05, 3.63) is 0 Å². The molecule has 0 aromatic carbocycles. The topological polar surface area (TPSA) is 35.2 Å². The van der Waals surface area contributed by atoms with Crippen LogP contribution in [0.1, 0.15) is 39.5 Å². The fourth-order valence-corrected chi connectivity index (χ4v) is 1.31. The van der Waals surface area contributed by atoms with Crippen LogP contribution in [0, 0.1) is 11.3 Å². The second-order valence-corrected chi connectivity index (χ2v) is 5.28. The van der Waals surface area contributed by atoms with Gasteiger partial charge in [-0.2, -0.15) is 0 Å². The summed E-state index contributed by atoms with van der Waals surface area (Å²) < 4.78 is 5.56. The van der Waals surface area contributed by atoms with Gasteiger partial charge in [-0.15, -0.1) is 0 Å². The van der Waals surface area contributed by atoms with Crippen molar-refractivity contribution in [2.75, 3.05) is 13.2 Å². The lowest BCUT2D eigenvalue weighted by molar-refractivity contribution is 0.112. The predicted octanol–water partition coefficient (Wildman–Crippen LogP) is 2.51. The lowest BCUT2D eigenvalue weighted by Gasteiger charge is -2.22. The van der Waals surface area contributed by atoms with Gasteiger partial charge in [0.2, 0.25) is 0 Å². The van der Waals surface area contributed by atoms with Gasteiger partial charge in [-0.3, -0.25) is 0 Å².